The van der Waals surface area contributed by atoms with Crippen LogP contribution in [-0.2, 0) is 14.3 Å². The number of carbonyl (C=O) groups excluding carboxylic acids is 2. The molecule has 6 nitrogen and oxygen atoms in total. The van der Waals surface area contributed by atoms with Gasteiger partial charge in [-0.3, -0.25) is 4.79 Å². The third-order valence-corrected chi connectivity index (χ3v) is 4.47. The van der Waals surface area contributed by atoms with Gasteiger partial charge in [0.2, 0.25) is 0 Å². The van der Waals surface area contributed by atoms with Crippen LogP contribution in [0.25, 0.3) is 0 Å². The van der Waals surface area contributed by atoms with Gasteiger partial charge in [0.25, 0.3) is 5.91 Å². The summed E-state index contributed by atoms with van der Waals surface area (Å²) in [6.07, 6.45) is 5.35. The van der Waals surface area contributed by atoms with Crippen molar-refractivity contribution in [2.75, 3.05) is 25.6 Å². The lowest BCUT2D eigenvalue weighted by Gasteiger charge is -2.29. The fourth-order valence-electron chi connectivity index (χ4n) is 2.77. The number of ether oxygens (including phenoxy) is 3. The molecule has 28 heavy (non-hydrogen) atoms. The molecule has 1 amide bonds. The molecule has 1 atom stereocenters. The second-order valence-corrected chi connectivity index (χ2v) is 7.04. The second kappa shape index (κ2) is 12.4. The number of unbranched alkanes of at least 4 members (excludes halogenated alkanes) is 2. The topological polar surface area (TPSA) is 73.9 Å². The minimum absolute atomic E-state index is 0.213. The Labute approximate surface area is 168 Å². The zero-order chi connectivity index (χ0) is 21.0. The first-order valence-electron chi connectivity index (χ1n) is 10.2. The average molecular weight is 394 g/mol. The van der Waals surface area contributed by atoms with Gasteiger partial charge in [-0.2, -0.15) is 0 Å². The molecule has 1 rings (SSSR count). The van der Waals surface area contributed by atoms with Crippen LogP contribution in [0.5, 0.6) is 5.75 Å². The highest BCUT2D eigenvalue weighted by Gasteiger charge is 2.33. The number of rotatable bonds is 13. The monoisotopic (exact) mass is 393 g/mol. The van der Waals surface area contributed by atoms with Crippen LogP contribution in [0.3, 0.4) is 0 Å². The average Bonchev–Trinajstić information content (AvgIpc) is 2.70. The number of hydrogen-bond donors (Lipinski definition) is 1. The Morgan fingerprint density at radius 1 is 1.04 bits per heavy atom. The van der Waals surface area contributed by atoms with E-state index in [0.29, 0.717) is 31.1 Å². The third kappa shape index (κ3) is 7.15. The highest BCUT2D eigenvalue weighted by Crippen LogP contribution is 2.27. The Kier molecular flexibility index (Phi) is 10.6. The van der Waals surface area contributed by atoms with E-state index in [1.165, 1.54) is 7.11 Å². The molecule has 0 saturated carbocycles. The van der Waals surface area contributed by atoms with Crippen molar-refractivity contribution in [1.29, 1.82) is 0 Å². The number of anilines is 1. The zero-order valence-corrected chi connectivity index (χ0v) is 17.9. The number of amides is 1. The van der Waals surface area contributed by atoms with Crippen molar-refractivity contribution in [3.63, 3.8) is 0 Å². The van der Waals surface area contributed by atoms with Crippen LogP contribution in [0, 0.1) is 0 Å². The van der Waals surface area contributed by atoms with E-state index in [1.807, 2.05) is 20.8 Å². The van der Waals surface area contributed by atoms with Gasteiger partial charge in [-0.1, -0.05) is 40.0 Å². The molecule has 158 valence electrons. The van der Waals surface area contributed by atoms with Gasteiger partial charge >= 0.3 is 5.97 Å². The predicted molar refractivity (Wildman–Crippen MR) is 111 cm³/mol. The molecule has 0 aromatic heterocycles. The van der Waals surface area contributed by atoms with Crippen molar-refractivity contribution >= 4 is 17.6 Å². The van der Waals surface area contributed by atoms with Crippen LogP contribution in [0.1, 0.15) is 76.6 Å². The Hall–Kier alpha value is -2.08. The van der Waals surface area contributed by atoms with Gasteiger partial charge in [0.05, 0.1) is 13.7 Å². The molecule has 0 saturated heterocycles. The maximum atomic E-state index is 13.0. The van der Waals surface area contributed by atoms with Gasteiger partial charge in [0.15, 0.2) is 0 Å². The summed E-state index contributed by atoms with van der Waals surface area (Å²) in [6.45, 7) is 8.97. The molecule has 0 aliphatic carbocycles. The van der Waals surface area contributed by atoms with E-state index in [9.17, 15) is 9.59 Å². The summed E-state index contributed by atoms with van der Waals surface area (Å²) in [5.41, 5.74) is -0.111. The van der Waals surface area contributed by atoms with E-state index in [0.717, 1.165) is 32.1 Å². The first-order chi connectivity index (χ1) is 13.4. The Bertz CT molecular complexity index is 631. The van der Waals surface area contributed by atoms with Gasteiger partial charge < -0.3 is 19.5 Å². The van der Waals surface area contributed by atoms with E-state index in [1.54, 1.807) is 18.2 Å². The van der Waals surface area contributed by atoms with E-state index >= 15 is 0 Å². The van der Waals surface area contributed by atoms with Gasteiger partial charge in [-0.15, -0.1) is 0 Å². The largest absolute Gasteiger partial charge is 0.493 e. The van der Waals surface area contributed by atoms with Crippen molar-refractivity contribution in [3.05, 3.63) is 23.8 Å². The molecule has 0 fully saturated rings. The summed E-state index contributed by atoms with van der Waals surface area (Å²) in [4.78, 5) is 25.1. The quantitative estimate of drug-likeness (QED) is 0.378. The summed E-state index contributed by atoms with van der Waals surface area (Å²) in [6, 6.07) is 4.99. The number of carbonyl (C=O) groups is 2. The lowest BCUT2D eigenvalue weighted by atomic mass is 9.96. The SMILES string of the molecule is CCCCC[C@@](C)(OCCC)C(=O)Nc1ccc(OCCC)c(C(=O)OC)c1. The summed E-state index contributed by atoms with van der Waals surface area (Å²) in [7, 11) is 1.32. The van der Waals surface area contributed by atoms with Gasteiger partial charge in [-0.05, 0) is 44.4 Å². The van der Waals surface area contributed by atoms with Crippen LogP contribution in [0.4, 0.5) is 5.69 Å². The van der Waals surface area contributed by atoms with Crippen molar-refractivity contribution < 1.29 is 23.8 Å². The van der Waals surface area contributed by atoms with E-state index in [2.05, 4.69) is 12.2 Å². The first-order valence-corrected chi connectivity index (χ1v) is 10.2. The van der Waals surface area contributed by atoms with Gasteiger partial charge in [-0.25, -0.2) is 4.79 Å². The van der Waals surface area contributed by atoms with Crippen molar-refractivity contribution in [2.45, 2.75) is 71.8 Å². The fraction of sp³-hybridized carbons (Fsp3) is 0.636. The highest BCUT2D eigenvalue weighted by atomic mass is 16.5. The lowest BCUT2D eigenvalue weighted by Crippen LogP contribution is -2.43. The van der Waals surface area contributed by atoms with Crippen LogP contribution in [-0.4, -0.2) is 37.8 Å². The number of hydrogen-bond acceptors (Lipinski definition) is 5. The molecule has 1 aromatic carbocycles. The summed E-state index contributed by atoms with van der Waals surface area (Å²) >= 11 is 0. The molecular weight excluding hydrogens is 358 g/mol. The van der Waals surface area contributed by atoms with Crippen LogP contribution in [0.15, 0.2) is 18.2 Å². The Morgan fingerprint density at radius 3 is 2.36 bits per heavy atom. The molecule has 0 unspecified atom stereocenters. The summed E-state index contributed by atoms with van der Waals surface area (Å²) < 4.78 is 16.4. The minimum Gasteiger partial charge on any atom is -0.493 e. The van der Waals surface area contributed by atoms with Crippen LogP contribution in [0.2, 0.25) is 0 Å². The molecule has 0 aliphatic heterocycles. The highest BCUT2D eigenvalue weighted by molar-refractivity contribution is 5.99. The van der Waals surface area contributed by atoms with Crippen molar-refractivity contribution in [3.8, 4) is 5.75 Å². The molecule has 1 aromatic rings. The minimum atomic E-state index is -0.909. The second-order valence-electron chi connectivity index (χ2n) is 7.04. The molecule has 0 bridgehead atoms. The number of benzene rings is 1. The number of nitrogens with one attached hydrogen (secondary N) is 1. The molecule has 6 heteroatoms. The smallest absolute Gasteiger partial charge is 0.341 e. The Balaban J connectivity index is 3.01. The lowest BCUT2D eigenvalue weighted by molar-refractivity contribution is -0.140. The normalized spacial score (nSPS) is 12.9. The maximum Gasteiger partial charge on any atom is 0.341 e. The zero-order valence-electron chi connectivity index (χ0n) is 17.9. The third-order valence-electron chi connectivity index (χ3n) is 4.47. The standard InChI is InChI=1S/C22H35NO5/c1-6-9-10-13-22(4,28-15-8-3)21(25)23-17-11-12-19(27-14-7-2)18(16-17)20(24)26-5/h11-12,16H,6-10,13-15H2,1-5H3,(H,23,25)/t22-/m1/s1. The molecule has 0 spiro atoms. The van der Waals surface area contributed by atoms with Crippen LogP contribution < -0.4 is 10.1 Å². The fourth-order valence-corrected chi connectivity index (χ4v) is 2.77. The predicted octanol–water partition coefficient (Wildman–Crippen LogP) is 4.97. The van der Waals surface area contributed by atoms with Gasteiger partial charge in [0.1, 0.15) is 16.9 Å². The van der Waals surface area contributed by atoms with E-state index in [-0.39, 0.29) is 11.5 Å². The number of esters is 1. The molecule has 0 radical (unpaired) electrons. The maximum absolute atomic E-state index is 13.0. The van der Waals surface area contributed by atoms with E-state index in [4.69, 9.17) is 14.2 Å². The summed E-state index contributed by atoms with van der Waals surface area (Å²) in [5, 5.41) is 2.89. The summed E-state index contributed by atoms with van der Waals surface area (Å²) in [5.74, 6) is -0.273. The van der Waals surface area contributed by atoms with Crippen LogP contribution >= 0.6 is 0 Å². The van der Waals surface area contributed by atoms with Crippen molar-refractivity contribution in [2.24, 2.45) is 0 Å². The van der Waals surface area contributed by atoms with Gasteiger partial charge in [0, 0.05) is 12.3 Å². The molecular formula is C22H35NO5. The van der Waals surface area contributed by atoms with E-state index < -0.39 is 11.6 Å². The first kappa shape index (κ1) is 24.0. The molecule has 0 heterocycles. The van der Waals surface area contributed by atoms with Crippen molar-refractivity contribution in [1.82, 2.24) is 0 Å². The molecule has 1 N–H and O–H groups in total. The number of methoxy groups -OCH3 is 1. The molecule has 0 aliphatic rings. The Morgan fingerprint density at radius 2 is 1.75 bits per heavy atom.